The van der Waals surface area contributed by atoms with Crippen molar-refractivity contribution < 1.29 is 27.9 Å². The number of aromatic amines is 1. The average Bonchev–Trinajstić information content (AvgIpc) is 2.94. The summed E-state index contributed by atoms with van der Waals surface area (Å²) in [5.74, 6) is -0.712. The maximum absolute atomic E-state index is 13.4. The van der Waals surface area contributed by atoms with E-state index in [2.05, 4.69) is 10.1 Å². The Morgan fingerprint density at radius 1 is 1.41 bits per heavy atom. The molecule has 3 heterocycles. The molecule has 1 aromatic heterocycles. The maximum Gasteiger partial charge on any atom is 0.406 e. The molecule has 0 amide bonds. The fourth-order valence-corrected chi connectivity index (χ4v) is 5.84. The number of carbonyl (C=O) groups is 1. The number of alkyl halides is 1. The summed E-state index contributed by atoms with van der Waals surface area (Å²) < 4.78 is 37.0. The number of fused-ring (bicyclic) bond motifs is 1. The summed E-state index contributed by atoms with van der Waals surface area (Å²) in [6, 6.07) is 0.677. The zero-order valence-corrected chi connectivity index (χ0v) is 20.2. The Kier molecular flexibility index (Phi) is 7.39. The Morgan fingerprint density at radius 2 is 2.09 bits per heavy atom. The Labute approximate surface area is 190 Å². The fraction of sp³-hybridized carbons (Fsp3) is 0.737. The van der Waals surface area contributed by atoms with Crippen LogP contribution in [0.3, 0.4) is 0 Å². The van der Waals surface area contributed by atoms with E-state index < -0.39 is 48.3 Å². The molecule has 2 fully saturated rings. The second-order valence-corrected chi connectivity index (χ2v) is 11.3. The molecule has 2 N–H and O–H groups in total. The van der Waals surface area contributed by atoms with Crippen molar-refractivity contribution in [2.45, 2.75) is 64.0 Å². The van der Waals surface area contributed by atoms with E-state index in [1.807, 2.05) is 13.8 Å². The van der Waals surface area contributed by atoms with Crippen molar-refractivity contribution in [2.24, 2.45) is 11.8 Å². The van der Waals surface area contributed by atoms with Gasteiger partial charge in [0.15, 0.2) is 6.23 Å². The van der Waals surface area contributed by atoms with Gasteiger partial charge in [-0.05, 0) is 12.8 Å². The van der Waals surface area contributed by atoms with Crippen LogP contribution in [0, 0.1) is 11.8 Å². The highest BCUT2D eigenvalue weighted by molar-refractivity contribution is 7.51. The van der Waals surface area contributed by atoms with E-state index in [9.17, 15) is 18.9 Å². The molecule has 32 heavy (non-hydrogen) atoms. The van der Waals surface area contributed by atoms with Crippen LogP contribution in [0.25, 0.3) is 0 Å². The number of carbonyl (C=O) groups excluding carboxylic acids is 1. The lowest BCUT2D eigenvalue weighted by Crippen LogP contribution is -2.48. The van der Waals surface area contributed by atoms with E-state index in [1.54, 1.807) is 20.8 Å². The summed E-state index contributed by atoms with van der Waals surface area (Å²) in [5.41, 5.74) is -1.24. The molecule has 0 unspecified atom stereocenters. The normalized spacial score (nSPS) is 33.3. The van der Waals surface area contributed by atoms with Gasteiger partial charge in [0.25, 0.3) is 5.56 Å². The minimum absolute atomic E-state index is 0.0104. The van der Waals surface area contributed by atoms with E-state index in [4.69, 9.17) is 30.1 Å². The van der Waals surface area contributed by atoms with Crippen molar-refractivity contribution in [1.82, 2.24) is 14.6 Å². The van der Waals surface area contributed by atoms with Crippen molar-refractivity contribution in [3.05, 3.63) is 33.1 Å². The van der Waals surface area contributed by atoms with Gasteiger partial charge in [-0.2, -0.15) is 0 Å². The van der Waals surface area contributed by atoms with Gasteiger partial charge in [-0.1, -0.05) is 27.7 Å². The van der Waals surface area contributed by atoms with Gasteiger partial charge in [-0.25, -0.2) is 14.4 Å². The standard InChI is InChI=1S/C19H29ClN3O8P/c1-10(2)12(8-28-16(25)11(3)4)22-32(27)29-9-13-15(31-32)19(5,20)17(30-13)23-7-6-14(24)21-18(23)26/h6-7,10-13,15,17H,8-9H2,1-5H3,(H,22,27)(H,21,24,26)/t12-,13-,15-,17-,19-,32-/m1/s1. The number of ether oxygens (including phenoxy) is 2. The summed E-state index contributed by atoms with van der Waals surface area (Å²) in [6.07, 6.45) is -1.29. The highest BCUT2D eigenvalue weighted by Gasteiger charge is 2.60. The lowest BCUT2D eigenvalue weighted by molar-refractivity contribution is -0.148. The highest BCUT2D eigenvalue weighted by atomic mass is 35.5. The van der Waals surface area contributed by atoms with Crippen molar-refractivity contribution >= 4 is 25.3 Å². The minimum atomic E-state index is -3.85. The van der Waals surface area contributed by atoms with Crippen molar-refractivity contribution in [1.29, 1.82) is 0 Å². The molecule has 6 atom stereocenters. The van der Waals surface area contributed by atoms with Gasteiger partial charge in [-0.15, -0.1) is 11.6 Å². The smallest absolute Gasteiger partial charge is 0.406 e. The Bertz CT molecular complexity index is 1010. The predicted molar refractivity (Wildman–Crippen MR) is 115 cm³/mol. The van der Waals surface area contributed by atoms with Crippen molar-refractivity contribution in [3.63, 3.8) is 0 Å². The molecule has 2 aliphatic heterocycles. The summed E-state index contributed by atoms with van der Waals surface area (Å²) in [7, 11) is -3.85. The van der Waals surface area contributed by atoms with Gasteiger partial charge < -0.3 is 9.47 Å². The van der Waals surface area contributed by atoms with Crippen LogP contribution in [0.4, 0.5) is 0 Å². The molecule has 0 aliphatic carbocycles. The van der Waals surface area contributed by atoms with Crippen molar-refractivity contribution in [2.75, 3.05) is 13.2 Å². The number of hydrogen-bond donors (Lipinski definition) is 2. The van der Waals surface area contributed by atoms with Crippen LogP contribution >= 0.6 is 19.3 Å². The van der Waals surface area contributed by atoms with Gasteiger partial charge in [0.2, 0.25) is 0 Å². The molecule has 1 aromatic rings. The molecule has 2 saturated heterocycles. The van der Waals surface area contributed by atoms with Crippen LogP contribution in [0.2, 0.25) is 0 Å². The van der Waals surface area contributed by atoms with E-state index in [0.717, 1.165) is 4.57 Å². The zero-order chi connectivity index (χ0) is 23.8. The number of nitrogens with one attached hydrogen (secondary N) is 2. The van der Waals surface area contributed by atoms with Crippen molar-refractivity contribution in [3.8, 4) is 0 Å². The quantitative estimate of drug-likeness (QED) is 0.330. The first kappa shape index (κ1) is 25.1. The summed E-state index contributed by atoms with van der Waals surface area (Å²) in [6.45, 7) is 8.70. The SMILES string of the molecule is CC(C)C(=O)OC[C@@H](N[P@@]1(=O)OC[C@H]2O[C@@H](n3ccc(=O)[nH]c3=O)[C@](C)(Cl)[C@@H]2O1)C(C)C. The van der Waals surface area contributed by atoms with Crippen LogP contribution in [-0.2, 0) is 27.9 Å². The van der Waals surface area contributed by atoms with E-state index in [-0.39, 0.29) is 31.0 Å². The van der Waals surface area contributed by atoms with Crippen LogP contribution in [0.15, 0.2) is 21.9 Å². The molecule has 0 aromatic carbocycles. The van der Waals surface area contributed by atoms with Gasteiger partial charge in [0, 0.05) is 12.3 Å². The third-order valence-electron chi connectivity index (χ3n) is 5.45. The number of halogens is 1. The molecular weight excluding hydrogens is 465 g/mol. The van der Waals surface area contributed by atoms with E-state index in [0.29, 0.717) is 0 Å². The van der Waals surface area contributed by atoms with Crippen LogP contribution in [-0.4, -0.2) is 51.9 Å². The number of nitrogens with zero attached hydrogens (tertiary/aromatic N) is 1. The minimum Gasteiger partial charge on any atom is -0.464 e. The molecule has 180 valence electrons. The molecule has 11 nitrogen and oxygen atoms in total. The van der Waals surface area contributed by atoms with Gasteiger partial charge in [0.1, 0.15) is 23.7 Å². The highest BCUT2D eigenvalue weighted by Crippen LogP contribution is 2.57. The second kappa shape index (κ2) is 9.40. The number of rotatable bonds is 7. The Hall–Kier alpha value is -1.49. The summed E-state index contributed by atoms with van der Waals surface area (Å²) in [5, 5.41) is 2.85. The van der Waals surface area contributed by atoms with E-state index in [1.165, 1.54) is 12.3 Å². The Morgan fingerprint density at radius 3 is 2.69 bits per heavy atom. The molecule has 0 spiro atoms. The number of H-pyrrole nitrogens is 1. The largest absolute Gasteiger partial charge is 0.464 e. The molecule has 0 saturated carbocycles. The Balaban J connectivity index is 1.76. The average molecular weight is 494 g/mol. The van der Waals surface area contributed by atoms with E-state index >= 15 is 0 Å². The lowest BCUT2D eigenvalue weighted by Gasteiger charge is -2.37. The lowest BCUT2D eigenvalue weighted by atomic mass is 10.0. The van der Waals surface area contributed by atoms with Crippen LogP contribution in [0.1, 0.15) is 40.8 Å². The summed E-state index contributed by atoms with van der Waals surface area (Å²) >= 11 is 6.74. The zero-order valence-electron chi connectivity index (χ0n) is 18.6. The monoisotopic (exact) mass is 493 g/mol. The fourth-order valence-electron chi connectivity index (χ4n) is 3.46. The first-order valence-corrected chi connectivity index (χ1v) is 12.3. The summed E-state index contributed by atoms with van der Waals surface area (Å²) in [4.78, 5) is 36.3. The molecular formula is C19H29ClN3O8P. The first-order chi connectivity index (χ1) is 14.8. The van der Waals surface area contributed by atoms with Gasteiger partial charge >= 0.3 is 19.4 Å². The number of aromatic nitrogens is 2. The maximum atomic E-state index is 13.4. The van der Waals surface area contributed by atoms with Gasteiger partial charge in [-0.3, -0.25) is 28.2 Å². The molecule has 0 bridgehead atoms. The van der Waals surface area contributed by atoms with Crippen LogP contribution < -0.4 is 16.3 Å². The third-order valence-corrected chi connectivity index (χ3v) is 7.49. The number of hydrogen-bond acceptors (Lipinski definition) is 8. The van der Waals surface area contributed by atoms with Gasteiger partial charge in [0.05, 0.1) is 18.6 Å². The molecule has 0 radical (unpaired) electrons. The molecule has 13 heteroatoms. The second-order valence-electron chi connectivity index (χ2n) is 8.78. The molecule has 2 aliphatic rings. The topological polar surface area (TPSA) is 138 Å². The molecule has 3 rings (SSSR count). The predicted octanol–water partition coefficient (Wildman–Crippen LogP) is 1.77. The number of esters is 1. The first-order valence-electron chi connectivity index (χ1n) is 10.4. The van der Waals surface area contributed by atoms with Crippen LogP contribution in [0.5, 0.6) is 0 Å². The third kappa shape index (κ3) is 5.18.